The SMILES string of the molecule is C[C@@H]1CCN(c2cc(N3CCN(CC4=C(c5ccc(Cl)cc5)CC(C)(C)CC4)CC3)ccc2C(=O)NS(=O)(=O)c2ccc(NCC3(F)CCOCC3)c([N+](=O)[O-])c2)c2cc3cc[nH]c3nc2O1. The molecular weight excluding hydrogens is 899 g/mol. The van der Waals surface area contributed by atoms with Gasteiger partial charge in [0.15, 0.2) is 0 Å². The zero-order valence-electron chi connectivity index (χ0n) is 37.9. The van der Waals surface area contributed by atoms with Crippen LogP contribution in [0.25, 0.3) is 16.6 Å². The van der Waals surface area contributed by atoms with Crippen molar-refractivity contribution in [3.05, 3.63) is 111 Å². The summed E-state index contributed by atoms with van der Waals surface area (Å²) < 4.78 is 57.1. The van der Waals surface area contributed by atoms with Gasteiger partial charge in [0.2, 0.25) is 5.88 Å². The standard InChI is InChI=1S/C49H56ClFN8O7S/c1-32-14-19-58(44-26-34-13-18-52-45(34)54-47(44)66-32)42-27-37(57-22-20-56(21-23-57)30-35-12-15-48(2,3)29-40(35)33-4-6-36(50)7-5-33)8-10-39(42)46(60)55-67(63,64)38-9-11-41(43(28-38)59(61)62)53-31-49(51)16-24-65-25-17-49/h4-11,13,18,26-28,32,53H,12,14-17,19-25,29-31H2,1-3H3,(H,52,54)(H,55,60)/t32-/m1/s1. The number of allylic oxidation sites excluding steroid dienone is 1. The fourth-order valence-corrected chi connectivity index (χ4v) is 10.7. The molecule has 1 atom stereocenters. The number of rotatable bonds is 12. The van der Waals surface area contributed by atoms with E-state index in [0.717, 1.165) is 80.2 Å². The number of hydrogen-bond acceptors (Lipinski definition) is 12. The second kappa shape index (κ2) is 18.7. The highest BCUT2D eigenvalue weighted by Gasteiger charge is 2.35. The summed E-state index contributed by atoms with van der Waals surface area (Å²) in [5, 5.41) is 16.6. The normalized spacial score (nSPS) is 19.9. The Balaban J connectivity index is 0.997. The monoisotopic (exact) mass is 954 g/mol. The third kappa shape index (κ3) is 10.2. The summed E-state index contributed by atoms with van der Waals surface area (Å²) in [6.07, 6.45) is 5.55. The largest absolute Gasteiger partial charge is 0.473 e. The van der Waals surface area contributed by atoms with Crippen molar-refractivity contribution in [2.75, 3.05) is 74.1 Å². The molecule has 0 saturated carbocycles. The number of alkyl halides is 1. The summed E-state index contributed by atoms with van der Waals surface area (Å²) in [7, 11) is -4.66. The maximum absolute atomic E-state index is 15.3. The van der Waals surface area contributed by atoms with Crippen LogP contribution >= 0.6 is 11.6 Å². The van der Waals surface area contributed by atoms with Gasteiger partial charge in [0.25, 0.3) is 21.6 Å². The minimum absolute atomic E-state index is 0.0447. The molecule has 3 N–H and O–H groups in total. The summed E-state index contributed by atoms with van der Waals surface area (Å²) in [5.41, 5.74) is 4.68. The number of aromatic amines is 1. The van der Waals surface area contributed by atoms with E-state index in [1.165, 1.54) is 22.8 Å². The van der Waals surface area contributed by atoms with Crippen LogP contribution in [0, 0.1) is 15.5 Å². The first-order valence-electron chi connectivity index (χ1n) is 22.9. The molecule has 0 unspecified atom stereocenters. The summed E-state index contributed by atoms with van der Waals surface area (Å²) in [5.74, 6) is -0.557. The van der Waals surface area contributed by atoms with E-state index in [9.17, 15) is 23.3 Å². The average molecular weight is 956 g/mol. The number of anilines is 4. The molecule has 0 spiro atoms. The van der Waals surface area contributed by atoms with E-state index in [4.69, 9.17) is 26.1 Å². The van der Waals surface area contributed by atoms with Gasteiger partial charge >= 0.3 is 0 Å². The number of aromatic nitrogens is 2. The van der Waals surface area contributed by atoms with Crippen LogP contribution in [0.15, 0.2) is 89.5 Å². The molecule has 4 aliphatic rings. The number of carbonyl (C=O) groups excluding carboxylic acids is 1. The molecule has 5 heterocycles. The lowest BCUT2D eigenvalue weighted by atomic mass is 9.72. The highest BCUT2D eigenvalue weighted by molar-refractivity contribution is 7.90. The van der Waals surface area contributed by atoms with E-state index < -0.39 is 37.1 Å². The van der Waals surface area contributed by atoms with E-state index >= 15 is 4.39 Å². The zero-order chi connectivity index (χ0) is 47.1. The Labute approximate surface area is 394 Å². The molecule has 1 amide bonds. The fraction of sp³-hybridized carbons (Fsp3) is 0.429. The number of carbonyl (C=O) groups is 1. The molecule has 9 rings (SSSR count). The van der Waals surface area contributed by atoms with Crippen molar-refractivity contribution >= 4 is 72.6 Å². The zero-order valence-corrected chi connectivity index (χ0v) is 39.5. The van der Waals surface area contributed by atoms with E-state index in [1.807, 2.05) is 48.2 Å². The molecule has 2 fully saturated rings. The minimum atomic E-state index is -4.66. The van der Waals surface area contributed by atoms with Crippen LogP contribution in [0.4, 0.5) is 32.8 Å². The predicted octanol–water partition coefficient (Wildman–Crippen LogP) is 9.27. The molecule has 3 aromatic carbocycles. The van der Waals surface area contributed by atoms with Gasteiger partial charge in [-0.1, -0.05) is 43.2 Å². The molecule has 1 aliphatic carbocycles. The number of piperazine rings is 1. The quantitative estimate of drug-likeness (QED) is 0.0800. The number of nitro groups is 1. The van der Waals surface area contributed by atoms with Crippen molar-refractivity contribution in [3.8, 4) is 5.88 Å². The Morgan fingerprint density at radius 1 is 0.985 bits per heavy atom. The number of ether oxygens (including phenoxy) is 2. The number of amides is 1. The molecule has 2 saturated heterocycles. The highest BCUT2D eigenvalue weighted by atomic mass is 35.5. The first kappa shape index (κ1) is 46.4. The van der Waals surface area contributed by atoms with Crippen LogP contribution in [0.1, 0.15) is 75.2 Å². The summed E-state index contributed by atoms with van der Waals surface area (Å²) in [6.45, 7) is 11.2. The van der Waals surface area contributed by atoms with Gasteiger partial charge in [0.1, 0.15) is 22.7 Å². The number of benzene rings is 3. The molecule has 0 bridgehead atoms. The number of nitrogens with one attached hydrogen (secondary N) is 3. The number of pyridine rings is 1. The van der Waals surface area contributed by atoms with E-state index in [-0.39, 0.29) is 55.4 Å². The van der Waals surface area contributed by atoms with E-state index in [2.05, 4.69) is 50.8 Å². The number of hydrogen-bond donors (Lipinski definition) is 3. The van der Waals surface area contributed by atoms with Gasteiger partial charge in [0.05, 0.1) is 27.2 Å². The van der Waals surface area contributed by atoms with Gasteiger partial charge in [-0.2, -0.15) is 4.98 Å². The van der Waals surface area contributed by atoms with Gasteiger partial charge < -0.3 is 29.6 Å². The van der Waals surface area contributed by atoms with Gasteiger partial charge in [-0.25, -0.2) is 17.5 Å². The summed E-state index contributed by atoms with van der Waals surface area (Å²) >= 11 is 6.27. The molecule has 2 aromatic heterocycles. The minimum Gasteiger partial charge on any atom is -0.473 e. The molecule has 67 heavy (non-hydrogen) atoms. The van der Waals surface area contributed by atoms with Crippen LogP contribution in [0.3, 0.4) is 0 Å². The van der Waals surface area contributed by atoms with Gasteiger partial charge in [-0.15, -0.1) is 0 Å². The van der Waals surface area contributed by atoms with Crippen LogP contribution < -0.4 is 24.6 Å². The van der Waals surface area contributed by atoms with Gasteiger partial charge in [-0.3, -0.25) is 19.8 Å². The third-order valence-electron chi connectivity index (χ3n) is 13.6. The maximum atomic E-state index is 15.3. The van der Waals surface area contributed by atoms with Crippen molar-refractivity contribution in [1.82, 2.24) is 19.6 Å². The van der Waals surface area contributed by atoms with Crippen molar-refractivity contribution in [3.63, 3.8) is 0 Å². The molecule has 15 nitrogen and oxygen atoms in total. The molecule has 3 aliphatic heterocycles. The Morgan fingerprint density at radius 3 is 2.49 bits per heavy atom. The number of H-pyrrole nitrogens is 1. The first-order valence-corrected chi connectivity index (χ1v) is 24.8. The molecule has 18 heteroatoms. The van der Waals surface area contributed by atoms with Crippen molar-refractivity contribution < 1.29 is 32.0 Å². The van der Waals surface area contributed by atoms with Gasteiger partial charge in [-0.05, 0) is 97.3 Å². The Morgan fingerprint density at radius 2 is 1.75 bits per heavy atom. The maximum Gasteiger partial charge on any atom is 0.293 e. The van der Waals surface area contributed by atoms with Crippen molar-refractivity contribution in [2.45, 2.75) is 76.0 Å². The van der Waals surface area contributed by atoms with Crippen molar-refractivity contribution in [2.24, 2.45) is 5.41 Å². The lowest BCUT2D eigenvalue weighted by molar-refractivity contribution is -0.384. The average Bonchev–Trinajstić information content (AvgIpc) is 3.70. The summed E-state index contributed by atoms with van der Waals surface area (Å²) in [6, 6.07) is 20.6. The lowest BCUT2D eigenvalue weighted by Crippen LogP contribution is -2.47. The lowest BCUT2D eigenvalue weighted by Gasteiger charge is -2.39. The Kier molecular flexibility index (Phi) is 13.0. The molecular formula is C49H56ClFN8O7S. The number of nitro benzene ring substituents is 1. The number of halogens is 2. The van der Waals surface area contributed by atoms with E-state index in [0.29, 0.717) is 35.9 Å². The fourth-order valence-electron chi connectivity index (χ4n) is 9.58. The van der Waals surface area contributed by atoms with Crippen LogP contribution in [-0.4, -0.2) is 105 Å². The third-order valence-corrected chi connectivity index (χ3v) is 15.2. The van der Waals surface area contributed by atoms with Gasteiger partial charge in [0, 0.05) is 107 Å². The topological polar surface area (TPSA) is 175 Å². The van der Waals surface area contributed by atoms with Crippen molar-refractivity contribution in [1.29, 1.82) is 0 Å². The number of sulfonamides is 1. The van der Waals surface area contributed by atoms with Crippen LogP contribution in [0.5, 0.6) is 5.88 Å². The number of fused-ring (bicyclic) bond motifs is 2. The molecule has 354 valence electrons. The van der Waals surface area contributed by atoms with Crippen LogP contribution in [0.2, 0.25) is 5.02 Å². The summed E-state index contributed by atoms with van der Waals surface area (Å²) in [4.78, 5) is 40.1. The molecule has 5 aromatic rings. The highest BCUT2D eigenvalue weighted by Crippen LogP contribution is 2.44. The Hall–Kier alpha value is -5.75. The first-order chi connectivity index (χ1) is 32.0. The predicted molar refractivity (Wildman–Crippen MR) is 259 cm³/mol. The Bertz CT molecular complexity index is 2820. The number of nitrogens with zero attached hydrogens (tertiary/aromatic N) is 5. The second-order valence-electron chi connectivity index (χ2n) is 19.0. The van der Waals surface area contributed by atoms with Crippen LogP contribution in [-0.2, 0) is 14.8 Å². The molecule has 0 radical (unpaired) electrons. The smallest absolute Gasteiger partial charge is 0.293 e. The second-order valence-corrected chi connectivity index (χ2v) is 21.1. The van der Waals surface area contributed by atoms with E-state index in [1.54, 1.807) is 12.3 Å².